The van der Waals surface area contributed by atoms with Crippen molar-refractivity contribution < 1.29 is 9.90 Å². The number of carboxylic acid groups (broad SMARTS) is 1. The molecule has 1 heterocycles. The number of aromatic nitrogens is 2. The quantitative estimate of drug-likeness (QED) is 0.489. The second-order valence-electron chi connectivity index (χ2n) is 7.61. The highest BCUT2D eigenvalue weighted by molar-refractivity contribution is 5.93. The Labute approximate surface area is 163 Å². The molecule has 4 nitrogen and oxygen atoms in total. The summed E-state index contributed by atoms with van der Waals surface area (Å²) in [4.78, 5) is 12.0. The van der Waals surface area contributed by atoms with Crippen LogP contribution in [0.15, 0.2) is 78.9 Å². The number of aliphatic carboxylic acids is 1. The molecule has 3 aromatic carbocycles. The summed E-state index contributed by atoms with van der Waals surface area (Å²) in [6, 6.07) is 25.9. The Morgan fingerprint density at radius 1 is 0.929 bits per heavy atom. The molecule has 0 aliphatic rings. The summed E-state index contributed by atoms with van der Waals surface area (Å²) in [7, 11) is 0. The van der Waals surface area contributed by atoms with E-state index in [0.29, 0.717) is 0 Å². The maximum atomic E-state index is 12.0. The van der Waals surface area contributed by atoms with Crippen LogP contribution in [0.5, 0.6) is 0 Å². The van der Waals surface area contributed by atoms with Gasteiger partial charge in [-0.2, -0.15) is 5.10 Å². The van der Waals surface area contributed by atoms with Gasteiger partial charge in [-0.05, 0) is 31.0 Å². The smallest absolute Gasteiger partial charge is 0.310 e. The first kappa shape index (κ1) is 18.0. The van der Waals surface area contributed by atoms with Crippen molar-refractivity contribution in [3.63, 3.8) is 0 Å². The van der Waals surface area contributed by atoms with Gasteiger partial charge in [0.25, 0.3) is 0 Å². The van der Waals surface area contributed by atoms with Crippen LogP contribution in [0, 0.1) is 5.41 Å². The summed E-state index contributed by atoms with van der Waals surface area (Å²) in [5.41, 5.74) is 3.82. The lowest BCUT2D eigenvalue weighted by Gasteiger charge is -2.31. The molecule has 4 heteroatoms. The fourth-order valence-corrected chi connectivity index (χ4v) is 3.83. The van der Waals surface area contributed by atoms with Crippen molar-refractivity contribution >= 4 is 16.9 Å². The van der Waals surface area contributed by atoms with E-state index in [0.717, 1.165) is 33.3 Å². The normalized spacial score (nSPS) is 12.8. The molecule has 2 N–H and O–H groups in total. The average molecular weight is 370 g/mol. The van der Waals surface area contributed by atoms with Gasteiger partial charge in [0.15, 0.2) is 0 Å². The van der Waals surface area contributed by atoms with E-state index in [9.17, 15) is 9.90 Å². The molecule has 0 bridgehead atoms. The van der Waals surface area contributed by atoms with Gasteiger partial charge in [0, 0.05) is 16.9 Å². The van der Waals surface area contributed by atoms with Crippen LogP contribution in [0.1, 0.15) is 30.9 Å². The molecule has 4 rings (SSSR count). The minimum Gasteiger partial charge on any atom is -0.481 e. The lowest BCUT2D eigenvalue weighted by atomic mass is 9.71. The highest BCUT2D eigenvalue weighted by Crippen LogP contribution is 2.42. The Bertz CT molecular complexity index is 1120. The number of nitrogens with zero attached hydrogens (tertiary/aromatic N) is 1. The fraction of sp³-hybridized carbons (Fsp3) is 0.167. The largest absolute Gasteiger partial charge is 0.481 e. The number of aromatic amines is 1. The summed E-state index contributed by atoms with van der Waals surface area (Å²) >= 11 is 0. The predicted molar refractivity (Wildman–Crippen MR) is 111 cm³/mol. The van der Waals surface area contributed by atoms with Crippen LogP contribution in [0.3, 0.4) is 0 Å². The third-order valence-electron chi connectivity index (χ3n) is 5.37. The monoisotopic (exact) mass is 370 g/mol. The molecule has 1 unspecified atom stereocenters. The van der Waals surface area contributed by atoms with Crippen LogP contribution in [0.2, 0.25) is 0 Å². The van der Waals surface area contributed by atoms with E-state index < -0.39 is 11.4 Å². The highest BCUT2D eigenvalue weighted by atomic mass is 16.4. The fourth-order valence-electron chi connectivity index (χ4n) is 3.83. The van der Waals surface area contributed by atoms with Gasteiger partial charge in [-0.15, -0.1) is 0 Å². The molecule has 0 aliphatic carbocycles. The van der Waals surface area contributed by atoms with Crippen molar-refractivity contribution in [1.82, 2.24) is 10.2 Å². The molecule has 0 amide bonds. The van der Waals surface area contributed by atoms with Gasteiger partial charge < -0.3 is 5.11 Å². The molecule has 140 valence electrons. The molecule has 28 heavy (non-hydrogen) atoms. The Hall–Kier alpha value is -3.40. The Kier molecular flexibility index (Phi) is 4.47. The second kappa shape index (κ2) is 6.97. The summed E-state index contributed by atoms with van der Waals surface area (Å²) < 4.78 is 0. The molecule has 0 saturated heterocycles. The summed E-state index contributed by atoms with van der Waals surface area (Å²) in [6.45, 7) is 3.55. The number of H-pyrrole nitrogens is 1. The number of fused-ring (bicyclic) bond motifs is 1. The maximum Gasteiger partial charge on any atom is 0.310 e. The third kappa shape index (κ3) is 3.07. The zero-order chi connectivity index (χ0) is 19.7. The minimum atomic E-state index is -0.961. The van der Waals surface area contributed by atoms with Crippen molar-refractivity contribution in [3.05, 3.63) is 90.0 Å². The molecule has 0 spiro atoms. The second-order valence-corrected chi connectivity index (χ2v) is 7.61. The maximum absolute atomic E-state index is 12.0. The lowest BCUT2D eigenvalue weighted by Crippen LogP contribution is -2.32. The van der Waals surface area contributed by atoms with Crippen molar-refractivity contribution in [2.24, 2.45) is 5.41 Å². The Balaban J connectivity index is 1.85. The lowest BCUT2D eigenvalue weighted by molar-refractivity contribution is -0.147. The first-order chi connectivity index (χ1) is 13.5. The zero-order valence-electron chi connectivity index (χ0n) is 15.9. The SMILES string of the molecule is CC(C)(C(=O)O)C(c1ccccc1)c1ccc2c(-c3ccccc3)n[nH]c2c1. The van der Waals surface area contributed by atoms with E-state index in [-0.39, 0.29) is 5.92 Å². The molecule has 0 fully saturated rings. The van der Waals surface area contributed by atoms with E-state index in [4.69, 9.17) is 0 Å². The molecule has 0 saturated carbocycles. The standard InChI is InChI=1S/C24H22N2O2/c1-24(2,23(27)28)21(16-9-5-3-6-10-16)18-13-14-19-20(15-18)25-26-22(19)17-11-7-4-8-12-17/h3-15,21H,1-2H3,(H,25,26)(H,27,28). The number of carboxylic acids is 1. The van der Waals surface area contributed by atoms with Gasteiger partial charge in [0.1, 0.15) is 0 Å². The average Bonchev–Trinajstić information content (AvgIpc) is 3.13. The minimum absolute atomic E-state index is 0.279. The number of hydrogen-bond acceptors (Lipinski definition) is 2. The molecule has 0 aliphatic heterocycles. The molecular weight excluding hydrogens is 348 g/mol. The van der Waals surface area contributed by atoms with Crippen LogP contribution in [-0.2, 0) is 4.79 Å². The third-order valence-corrected chi connectivity index (χ3v) is 5.37. The van der Waals surface area contributed by atoms with E-state index in [1.54, 1.807) is 13.8 Å². The topological polar surface area (TPSA) is 66.0 Å². The molecule has 1 atom stereocenters. The van der Waals surface area contributed by atoms with E-state index in [2.05, 4.69) is 10.2 Å². The molecule has 4 aromatic rings. The molecule has 0 radical (unpaired) electrons. The van der Waals surface area contributed by atoms with Gasteiger partial charge in [0.2, 0.25) is 0 Å². The first-order valence-corrected chi connectivity index (χ1v) is 9.30. The first-order valence-electron chi connectivity index (χ1n) is 9.30. The van der Waals surface area contributed by atoms with Gasteiger partial charge in [0.05, 0.1) is 16.6 Å². The predicted octanol–water partition coefficient (Wildman–Crippen LogP) is 5.47. The molecular formula is C24H22N2O2. The van der Waals surface area contributed by atoms with Gasteiger partial charge in [-0.25, -0.2) is 0 Å². The van der Waals surface area contributed by atoms with E-state index in [1.807, 2.05) is 78.9 Å². The summed E-state index contributed by atoms with van der Waals surface area (Å²) in [6.07, 6.45) is 0. The zero-order valence-corrected chi connectivity index (χ0v) is 15.9. The summed E-state index contributed by atoms with van der Waals surface area (Å²) in [5.74, 6) is -1.10. The highest BCUT2D eigenvalue weighted by Gasteiger charge is 2.39. The van der Waals surface area contributed by atoms with Crippen LogP contribution >= 0.6 is 0 Å². The van der Waals surface area contributed by atoms with Gasteiger partial charge >= 0.3 is 5.97 Å². The Morgan fingerprint density at radius 2 is 1.57 bits per heavy atom. The van der Waals surface area contributed by atoms with Crippen LogP contribution in [-0.4, -0.2) is 21.3 Å². The van der Waals surface area contributed by atoms with Gasteiger partial charge in [-0.1, -0.05) is 72.8 Å². The van der Waals surface area contributed by atoms with E-state index in [1.165, 1.54) is 0 Å². The number of rotatable bonds is 5. The van der Waals surface area contributed by atoms with Crippen LogP contribution < -0.4 is 0 Å². The molecule has 1 aromatic heterocycles. The van der Waals surface area contributed by atoms with Crippen molar-refractivity contribution in [1.29, 1.82) is 0 Å². The van der Waals surface area contributed by atoms with Crippen molar-refractivity contribution in [2.45, 2.75) is 19.8 Å². The van der Waals surface area contributed by atoms with E-state index >= 15 is 0 Å². The van der Waals surface area contributed by atoms with Crippen molar-refractivity contribution in [2.75, 3.05) is 0 Å². The van der Waals surface area contributed by atoms with Gasteiger partial charge in [-0.3, -0.25) is 9.89 Å². The Morgan fingerprint density at radius 3 is 2.21 bits per heavy atom. The number of carbonyl (C=O) groups is 1. The summed E-state index contributed by atoms with van der Waals surface area (Å²) in [5, 5.41) is 18.5. The number of nitrogens with one attached hydrogen (secondary N) is 1. The van der Waals surface area contributed by atoms with Crippen molar-refractivity contribution in [3.8, 4) is 11.3 Å². The number of benzene rings is 3. The van der Waals surface area contributed by atoms with Crippen LogP contribution in [0.4, 0.5) is 0 Å². The number of hydrogen-bond donors (Lipinski definition) is 2. The van der Waals surface area contributed by atoms with Crippen LogP contribution in [0.25, 0.3) is 22.2 Å².